The Morgan fingerprint density at radius 3 is 1.80 bits per heavy atom. The maximum Gasteiger partial charge on any atom is 0.495 e. The Balaban J connectivity index is 0.000000172. The topological polar surface area (TPSA) is 109 Å². The van der Waals surface area contributed by atoms with Gasteiger partial charge < -0.3 is 20.8 Å². The number of halogens is 1. The van der Waals surface area contributed by atoms with Crippen LogP contribution in [0.15, 0.2) is 55.0 Å². The number of anilines is 2. The second-order valence-corrected chi connectivity index (χ2v) is 8.33. The van der Waals surface area contributed by atoms with Crippen molar-refractivity contribution < 1.29 is 9.31 Å². The Kier molecular flexibility index (Phi) is 6.31. The molecule has 4 rings (SSSR count). The van der Waals surface area contributed by atoms with Gasteiger partial charge in [0.15, 0.2) is 0 Å². The van der Waals surface area contributed by atoms with Crippen molar-refractivity contribution in [1.82, 2.24) is 15.0 Å². The van der Waals surface area contributed by atoms with E-state index in [1.165, 1.54) is 0 Å². The third-order valence-corrected chi connectivity index (χ3v) is 5.38. The van der Waals surface area contributed by atoms with Crippen molar-refractivity contribution in [1.29, 1.82) is 0 Å². The molecule has 4 N–H and O–H groups in total. The molecule has 0 aliphatic carbocycles. The third-order valence-electron chi connectivity index (χ3n) is 5.17. The number of nitrogen functional groups attached to an aromatic ring is 2. The van der Waals surface area contributed by atoms with Gasteiger partial charge in [-0.2, -0.15) is 0 Å². The zero-order valence-corrected chi connectivity index (χ0v) is 18.2. The quantitative estimate of drug-likeness (QED) is 0.478. The van der Waals surface area contributed by atoms with Gasteiger partial charge in [0.05, 0.1) is 11.2 Å². The molecule has 0 bridgehead atoms. The maximum atomic E-state index is 5.90. The van der Waals surface area contributed by atoms with E-state index in [-0.39, 0.29) is 18.3 Å². The molecule has 0 amide bonds. The summed E-state index contributed by atoms with van der Waals surface area (Å²) < 4.78 is 11.8. The first kappa shape index (κ1) is 22.0. The van der Waals surface area contributed by atoms with Crippen LogP contribution in [0, 0.1) is 0 Å². The Labute approximate surface area is 181 Å². The first-order valence-electron chi connectivity index (χ1n) is 9.48. The van der Waals surface area contributed by atoms with Crippen LogP contribution in [0.5, 0.6) is 0 Å². The van der Waals surface area contributed by atoms with Crippen molar-refractivity contribution in [3.8, 4) is 11.1 Å². The van der Waals surface area contributed by atoms with Crippen molar-refractivity contribution in [2.45, 2.75) is 38.9 Å². The van der Waals surface area contributed by atoms with E-state index in [2.05, 4.69) is 15.0 Å². The lowest BCUT2D eigenvalue weighted by atomic mass is 9.80. The Morgan fingerprint density at radius 2 is 1.27 bits per heavy atom. The van der Waals surface area contributed by atoms with Crippen LogP contribution in [0.25, 0.3) is 11.1 Å². The van der Waals surface area contributed by atoms with Crippen molar-refractivity contribution in [3.63, 3.8) is 0 Å². The van der Waals surface area contributed by atoms with Crippen LogP contribution in [-0.4, -0.2) is 33.3 Å². The third kappa shape index (κ3) is 5.08. The smallest absolute Gasteiger partial charge is 0.399 e. The van der Waals surface area contributed by atoms with Crippen LogP contribution < -0.4 is 16.9 Å². The molecule has 3 aromatic heterocycles. The average Bonchev–Trinajstić information content (AvgIpc) is 2.90. The van der Waals surface area contributed by atoms with Crippen molar-refractivity contribution >= 4 is 35.8 Å². The lowest BCUT2D eigenvalue weighted by molar-refractivity contribution is 0.00578. The molecule has 0 radical (unpaired) electrons. The van der Waals surface area contributed by atoms with Gasteiger partial charge in [-0.1, -0.05) is 11.6 Å². The largest absolute Gasteiger partial charge is 0.495 e. The van der Waals surface area contributed by atoms with E-state index in [1.54, 1.807) is 36.8 Å². The van der Waals surface area contributed by atoms with Crippen LogP contribution >= 0.6 is 11.6 Å². The fourth-order valence-corrected chi connectivity index (χ4v) is 2.98. The lowest BCUT2D eigenvalue weighted by Crippen LogP contribution is -2.41. The molecule has 0 saturated carbocycles. The molecule has 1 aliphatic rings. The summed E-state index contributed by atoms with van der Waals surface area (Å²) in [6.07, 6.45) is 4.99. The molecular weight excluding hydrogens is 401 g/mol. The Morgan fingerprint density at radius 1 is 0.767 bits per heavy atom. The summed E-state index contributed by atoms with van der Waals surface area (Å²) in [5.41, 5.74) is 13.4. The van der Waals surface area contributed by atoms with Crippen LogP contribution in [0.4, 0.5) is 11.6 Å². The molecule has 0 atom stereocenters. The lowest BCUT2D eigenvalue weighted by Gasteiger charge is -2.32. The highest BCUT2D eigenvalue weighted by atomic mass is 35.5. The second-order valence-electron chi connectivity index (χ2n) is 7.94. The predicted molar refractivity (Wildman–Crippen MR) is 121 cm³/mol. The maximum absolute atomic E-state index is 5.90. The minimum Gasteiger partial charge on any atom is -0.399 e. The highest BCUT2D eigenvalue weighted by Crippen LogP contribution is 2.36. The summed E-state index contributed by atoms with van der Waals surface area (Å²) in [6, 6.07) is 11.0. The van der Waals surface area contributed by atoms with Gasteiger partial charge in [-0.15, -0.1) is 0 Å². The summed E-state index contributed by atoms with van der Waals surface area (Å²) in [7, 11) is -0.365. The van der Waals surface area contributed by atoms with Crippen molar-refractivity contribution in [2.24, 2.45) is 0 Å². The normalized spacial score (nSPS) is 16.6. The minimum absolute atomic E-state index is 0.324. The number of nitrogens with two attached hydrogens (primary N) is 2. The van der Waals surface area contributed by atoms with Crippen LogP contribution in [-0.2, 0) is 9.31 Å². The fourth-order valence-electron chi connectivity index (χ4n) is 2.80. The summed E-state index contributed by atoms with van der Waals surface area (Å²) in [6.45, 7) is 8.10. The zero-order chi connectivity index (χ0) is 21.9. The highest BCUT2D eigenvalue weighted by molar-refractivity contribution is 6.62. The number of hydrogen-bond donors (Lipinski definition) is 2. The molecule has 7 nitrogen and oxygen atoms in total. The molecule has 1 saturated heterocycles. The molecule has 3 aromatic rings. The average molecular weight is 426 g/mol. The van der Waals surface area contributed by atoms with E-state index < -0.39 is 0 Å². The SMILES string of the molecule is CC1(C)OB(c2ccnc(N)c2)OC1(C)C.Nc1cc(-c2ccnc(Cl)c2)ccn1. The molecule has 0 spiro atoms. The van der Waals surface area contributed by atoms with Gasteiger partial charge in [0.25, 0.3) is 0 Å². The Bertz CT molecular complexity index is 972. The molecule has 1 fully saturated rings. The van der Waals surface area contributed by atoms with E-state index >= 15 is 0 Å². The number of aromatic nitrogens is 3. The van der Waals surface area contributed by atoms with E-state index in [0.29, 0.717) is 16.8 Å². The summed E-state index contributed by atoms with van der Waals surface area (Å²) in [5.74, 6) is 0.975. The molecule has 156 valence electrons. The van der Waals surface area contributed by atoms with E-state index in [0.717, 1.165) is 16.6 Å². The van der Waals surface area contributed by atoms with Gasteiger partial charge in [0.1, 0.15) is 16.8 Å². The van der Waals surface area contributed by atoms with Gasteiger partial charge in [-0.25, -0.2) is 15.0 Å². The monoisotopic (exact) mass is 425 g/mol. The van der Waals surface area contributed by atoms with Crippen LogP contribution in [0.3, 0.4) is 0 Å². The summed E-state index contributed by atoms with van der Waals surface area (Å²) in [5, 5.41) is 0.470. The first-order chi connectivity index (χ1) is 14.1. The standard InChI is InChI=1S/C11H17BN2O2.C10H8ClN3/c1-10(2)11(3,4)16-12(15-10)8-5-6-14-9(13)7-8;11-9-5-7(1-3-13-9)8-2-4-14-10(12)6-8/h5-7H,1-4H3,(H2,13,14);1-6H,(H2,12,14). The van der Waals surface area contributed by atoms with E-state index in [9.17, 15) is 0 Å². The zero-order valence-electron chi connectivity index (χ0n) is 17.5. The first-order valence-corrected chi connectivity index (χ1v) is 9.86. The van der Waals surface area contributed by atoms with Gasteiger partial charge in [0, 0.05) is 18.6 Å². The van der Waals surface area contributed by atoms with Gasteiger partial charge >= 0.3 is 7.12 Å². The van der Waals surface area contributed by atoms with Crippen LogP contribution in [0.2, 0.25) is 5.15 Å². The van der Waals surface area contributed by atoms with Crippen LogP contribution in [0.1, 0.15) is 27.7 Å². The number of rotatable bonds is 2. The second kappa shape index (κ2) is 8.59. The molecular formula is C21H25BClN5O2. The minimum atomic E-state index is -0.365. The van der Waals surface area contributed by atoms with Crippen molar-refractivity contribution in [2.75, 3.05) is 11.5 Å². The summed E-state index contributed by atoms with van der Waals surface area (Å²) >= 11 is 5.78. The Hall–Kier alpha value is -2.68. The van der Waals surface area contributed by atoms with E-state index in [4.69, 9.17) is 32.4 Å². The van der Waals surface area contributed by atoms with Gasteiger partial charge in [-0.3, -0.25) is 0 Å². The predicted octanol–water partition coefficient (Wildman–Crippen LogP) is 3.34. The molecule has 0 unspecified atom stereocenters. The molecule has 4 heterocycles. The number of pyridine rings is 3. The van der Waals surface area contributed by atoms with Gasteiger partial charge in [0.2, 0.25) is 0 Å². The summed E-state index contributed by atoms with van der Waals surface area (Å²) in [4.78, 5) is 11.8. The molecule has 1 aliphatic heterocycles. The molecule has 9 heteroatoms. The fraction of sp³-hybridized carbons (Fsp3) is 0.286. The molecule has 30 heavy (non-hydrogen) atoms. The molecule has 0 aromatic carbocycles. The van der Waals surface area contributed by atoms with Crippen molar-refractivity contribution in [3.05, 3.63) is 60.1 Å². The highest BCUT2D eigenvalue weighted by Gasteiger charge is 2.51. The van der Waals surface area contributed by atoms with E-state index in [1.807, 2.05) is 45.9 Å². The number of nitrogens with zero attached hydrogens (tertiary/aromatic N) is 3. The van der Waals surface area contributed by atoms with Gasteiger partial charge in [-0.05, 0) is 80.7 Å². The number of hydrogen-bond acceptors (Lipinski definition) is 7.